The minimum atomic E-state index is -0.976. The molecule has 9 nitrogen and oxygen atoms in total. The molecular formula is C26H22FN3O6S. The van der Waals surface area contributed by atoms with Crippen molar-refractivity contribution in [2.75, 3.05) is 32.9 Å². The summed E-state index contributed by atoms with van der Waals surface area (Å²) in [5.74, 6) is 1.38. The summed E-state index contributed by atoms with van der Waals surface area (Å²) in [4.78, 5) is 18.1. The number of hydrogen-bond acceptors (Lipinski definition) is 9. The SMILES string of the molecule is COc1cc(/C=N/N(C(=O)C2COc3ccccc3O2)c2nc3ccc(F)cc3s2)cc(OC)c1OC. The van der Waals surface area contributed by atoms with Crippen molar-refractivity contribution in [1.29, 1.82) is 0 Å². The summed E-state index contributed by atoms with van der Waals surface area (Å²) in [6.07, 6.45) is 0.489. The molecule has 2 heterocycles. The number of carbonyl (C=O) groups is 1. The number of hydrazone groups is 1. The van der Waals surface area contributed by atoms with Gasteiger partial charge in [0.2, 0.25) is 17.0 Å². The number of aromatic nitrogens is 1. The molecule has 0 saturated heterocycles. The Morgan fingerprint density at radius 2 is 1.81 bits per heavy atom. The van der Waals surface area contributed by atoms with Gasteiger partial charge in [-0.1, -0.05) is 23.5 Å². The average molecular weight is 524 g/mol. The first-order valence-electron chi connectivity index (χ1n) is 11.1. The monoisotopic (exact) mass is 523 g/mol. The topological polar surface area (TPSA) is 91.7 Å². The van der Waals surface area contributed by atoms with Crippen molar-refractivity contribution in [3.05, 3.63) is 66.0 Å². The van der Waals surface area contributed by atoms with Gasteiger partial charge in [0.05, 0.1) is 37.8 Å². The maximum Gasteiger partial charge on any atom is 0.294 e. The number of fused-ring (bicyclic) bond motifs is 2. The number of methoxy groups -OCH3 is 3. The lowest BCUT2D eigenvalue weighted by Gasteiger charge is -2.27. The van der Waals surface area contributed by atoms with E-state index < -0.39 is 17.8 Å². The highest BCUT2D eigenvalue weighted by atomic mass is 32.1. The molecule has 0 saturated carbocycles. The molecule has 0 bridgehead atoms. The smallest absolute Gasteiger partial charge is 0.294 e. The minimum absolute atomic E-state index is 0.00836. The normalized spacial score (nSPS) is 14.5. The van der Waals surface area contributed by atoms with Crippen molar-refractivity contribution in [3.63, 3.8) is 0 Å². The van der Waals surface area contributed by atoms with Gasteiger partial charge in [0.25, 0.3) is 5.91 Å². The van der Waals surface area contributed by atoms with Gasteiger partial charge in [0.15, 0.2) is 23.0 Å². The number of amides is 1. The number of rotatable bonds is 7. The first kappa shape index (κ1) is 24.3. The fourth-order valence-corrected chi connectivity index (χ4v) is 4.71. The first-order chi connectivity index (χ1) is 18.0. The molecule has 0 aliphatic carbocycles. The summed E-state index contributed by atoms with van der Waals surface area (Å²) in [5, 5.41) is 5.82. The summed E-state index contributed by atoms with van der Waals surface area (Å²) in [6.45, 7) is -0.00836. The van der Waals surface area contributed by atoms with Gasteiger partial charge in [-0.3, -0.25) is 4.79 Å². The molecule has 0 spiro atoms. The Kier molecular flexibility index (Phi) is 6.78. The fraction of sp³-hybridized carbons (Fsp3) is 0.192. The summed E-state index contributed by atoms with van der Waals surface area (Å²) in [6, 6.07) is 14.7. The Morgan fingerprint density at radius 3 is 2.51 bits per heavy atom. The summed E-state index contributed by atoms with van der Waals surface area (Å²) in [5.41, 5.74) is 1.11. The molecule has 0 N–H and O–H groups in total. The number of carbonyl (C=O) groups excluding carboxylic acids is 1. The van der Waals surface area contributed by atoms with Gasteiger partial charge in [-0.25, -0.2) is 9.37 Å². The number of ether oxygens (including phenoxy) is 5. The van der Waals surface area contributed by atoms with Crippen molar-refractivity contribution < 1.29 is 32.9 Å². The Hall–Kier alpha value is -4.38. The predicted octanol–water partition coefficient (Wildman–Crippen LogP) is 4.67. The van der Waals surface area contributed by atoms with Gasteiger partial charge in [0, 0.05) is 5.56 Å². The summed E-state index contributed by atoms with van der Waals surface area (Å²) < 4.78 is 42.2. The van der Waals surface area contributed by atoms with Crippen LogP contribution in [-0.4, -0.2) is 51.1 Å². The van der Waals surface area contributed by atoms with Gasteiger partial charge in [-0.15, -0.1) is 0 Å². The van der Waals surface area contributed by atoms with E-state index in [1.807, 2.05) is 6.07 Å². The molecular weight excluding hydrogens is 501 g/mol. The average Bonchev–Trinajstić information content (AvgIpc) is 3.34. The molecule has 190 valence electrons. The Morgan fingerprint density at radius 1 is 1.08 bits per heavy atom. The van der Waals surface area contributed by atoms with Crippen LogP contribution in [0.5, 0.6) is 28.7 Å². The Bertz CT molecular complexity index is 1470. The van der Waals surface area contributed by atoms with Gasteiger partial charge in [-0.2, -0.15) is 10.1 Å². The molecule has 1 aromatic heterocycles. The molecule has 4 aromatic rings. The zero-order valence-corrected chi connectivity index (χ0v) is 21.0. The third kappa shape index (κ3) is 4.85. The highest BCUT2D eigenvalue weighted by molar-refractivity contribution is 7.22. The molecule has 1 aliphatic heterocycles. The second kappa shape index (κ2) is 10.3. The molecule has 3 aromatic carbocycles. The number of benzene rings is 3. The van der Waals surface area contributed by atoms with Crippen LogP contribution in [0.3, 0.4) is 0 Å². The molecule has 0 fully saturated rings. The molecule has 37 heavy (non-hydrogen) atoms. The van der Waals surface area contributed by atoms with Crippen molar-refractivity contribution in [1.82, 2.24) is 4.98 Å². The first-order valence-corrected chi connectivity index (χ1v) is 11.9. The van der Waals surface area contributed by atoms with Crippen LogP contribution in [0.25, 0.3) is 10.2 Å². The largest absolute Gasteiger partial charge is 0.493 e. The second-order valence-corrected chi connectivity index (χ2v) is 8.84. The van der Waals surface area contributed by atoms with E-state index in [1.54, 1.807) is 36.4 Å². The molecule has 1 atom stereocenters. The van der Waals surface area contributed by atoms with Gasteiger partial charge in [0.1, 0.15) is 12.4 Å². The predicted molar refractivity (Wildman–Crippen MR) is 137 cm³/mol. The number of nitrogens with zero attached hydrogens (tertiary/aromatic N) is 3. The molecule has 0 radical (unpaired) electrons. The van der Waals surface area contributed by atoms with Crippen LogP contribution in [0.1, 0.15) is 5.56 Å². The zero-order valence-electron chi connectivity index (χ0n) is 20.1. The molecule has 1 amide bonds. The third-order valence-corrected chi connectivity index (χ3v) is 6.52. The van der Waals surface area contributed by atoms with E-state index in [0.29, 0.717) is 44.5 Å². The highest BCUT2D eigenvalue weighted by Crippen LogP contribution is 2.38. The van der Waals surface area contributed by atoms with E-state index in [9.17, 15) is 9.18 Å². The van der Waals surface area contributed by atoms with E-state index in [1.165, 1.54) is 39.7 Å². The maximum absolute atomic E-state index is 13.8. The summed E-state index contributed by atoms with van der Waals surface area (Å²) in [7, 11) is 4.52. The molecule has 1 aliphatic rings. The van der Waals surface area contributed by atoms with E-state index in [-0.39, 0.29) is 11.7 Å². The third-order valence-electron chi connectivity index (χ3n) is 5.52. The van der Waals surface area contributed by atoms with Crippen molar-refractivity contribution in [2.45, 2.75) is 6.10 Å². The summed E-state index contributed by atoms with van der Waals surface area (Å²) >= 11 is 1.13. The lowest BCUT2D eigenvalue weighted by Crippen LogP contribution is -2.44. The van der Waals surface area contributed by atoms with Crippen LogP contribution >= 0.6 is 11.3 Å². The zero-order chi connectivity index (χ0) is 25.9. The number of thiazole rings is 1. The highest BCUT2D eigenvalue weighted by Gasteiger charge is 2.33. The fourth-order valence-electron chi connectivity index (χ4n) is 3.76. The van der Waals surface area contributed by atoms with Crippen LogP contribution in [0, 0.1) is 5.82 Å². The van der Waals surface area contributed by atoms with Crippen LogP contribution in [0.4, 0.5) is 9.52 Å². The van der Waals surface area contributed by atoms with Crippen LogP contribution in [-0.2, 0) is 4.79 Å². The Balaban J connectivity index is 1.53. The quantitative estimate of drug-likeness (QED) is 0.257. The standard InChI is InChI=1S/C26H22FN3O6S/c1-32-20-10-15(11-21(33-2)24(20)34-3)13-28-30(26-29-17-9-8-16(27)12-23(17)37-26)25(31)22-14-35-18-6-4-5-7-19(18)36-22/h4-13,22H,14H2,1-3H3/b28-13+. The van der Waals surface area contributed by atoms with E-state index in [2.05, 4.69) is 10.1 Å². The molecule has 1 unspecified atom stereocenters. The van der Waals surface area contributed by atoms with Gasteiger partial charge >= 0.3 is 0 Å². The Labute approximate surface area is 215 Å². The van der Waals surface area contributed by atoms with Crippen LogP contribution in [0.15, 0.2) is 59.7 Å². The minimum Gasteiger partial charge on any atom is -0.493 e. The number of hydrogen-bond donors (Lipinski definition) is 0. The molecule has 11 heteroatoms. The molecule has 5 rings (SSSR count). The van der Waals surface area contributed by atoms with Crippen LogP contribution < -0.4 is 28.7 Å². The van der Waals surface area contributed by atoms with E-state index >= 15 is 0 Å². The lowest BCUT2D eigenvalue weighted by atomic mass is 10.2. The van der Waals surface area contributed by atoms with E-state index in [4.69, 9.17) is 23.7 Å². The second-order valence-electron chi connectivity index (χ2n) is 7.83. The maximum atomic E-state index is 13.8. The lowest BCUT2D eigenvalue weighted by molar-refractivity contribution is -0.127. The number of para-hydroxylation sites is 2. The van der Waals surface area contributed by atoms with Crippen LogP contribution in [0.2, 0.25) is 0 Å². The van der Waals surface area contributed by atoms with Gasteiger partial charge < -0.3 is 23.7 Å². The van der Waals surface area contributed by atoms with E-state index in [0.717, 1.165) is 16.3 Å². The van der Waals surface area contributed by atoms with Crippen molar-refractivity contribution in [2.24, 2.45) is 5.10 Å². The number of halogens is 1. The van der Waals surface area contributed by atoms with Gasteiger partial charge in [-0.05, 0) is 42.5 Å². The number of anilines is 1. The van der Waals surface area contributed by atoms with Crippen molar-refractivity contribution in [3.8, 4) is 28.7 Å². The van der Waals surface area contributed by atoms with Crippen molar-refractivity contribution >= 4 is 38.8 Å².